The van der Waals surface area contributed by atoms with E-state index in [2.05, 4.69) is 30.8 Å². The number of carbonyl (C=O) groups is 3. The van der Waals surface area contributed by atoms with E-state index in [1.165, 1.54) is 30.7 Å². The maximum absolute atomic E-state index is 13.4. The number of rotatable bonds is 9. The number of benzene rings is 1. The van der Waals surface area contributed by atoms with Crippen molar-refractivity contribution >= 4 is 29.2 Å². The average molecular weight is 531 g/mol. The Bertz CT molecular complexity index is 1350. The van der Waals surface area contributed by atoms with Gasteiger partial charge in [0.25, 0.3) is 11.8 Å². The molecule has 3 aromatic rings. The molecule has 2 aliphatic rings. The average Bonchev–Trinajstić information content (AvgIpc) is 3.79. The number of amides is 3. The Morgan fingerprint density at radius 3 is 2.51 bits per heavy atom. The molecule has 39 heavy (non-hydrogen) atoms. The molecule has 1 saturated carbocycles. The van der Waals surface area contributed by atoms with Crippen LogP contribution in [0.2, 0.25) is 0 Å². The Balaban J connectivity index is 1.09. The molecule has 0 radical (unpaired) electrons. The number of piperidine rings is 1. The molecule has 9 nitrogen and oxygen atoms in total. The fourth-order valence-electron chi connectivity index (χ4n) is 4.63. The smallest absolute Gasteiger partial charge is 0.255 e. The van der Waals surface area contributed by atoms with E-state index in [1.54, 1.807) is 24.3 Å². The summed E-state index contributed by atoms with van der Waals surface area (Å²) in [5.74, 6) is -0.246. The van der Waals surface area contributed by atoms with Crippen LogP contribution in [-0.4, -0.2) is 52.2 Å². The molecular formula is C29H31FN6O3. The lowest BCUT2D eigenvalue weighted by atomic mass is 9.96. The van der Waals surface area contributed by atoms with Gasteiger partial charge in [-0.2, -0.15) is 0 Å². The topological polar surface area (TPSA) is 116 Å². The molecule has 0 spiro atoms. The molecule has 202 valence electrons. The van der Waals surface area contributed by atoms with Crippen molar-refractivity contribution in [3.63, 3.8) is 0 Å². The van der Waals surface area contributed by atoms with Gasteiger partial charge < -0.3 is 16.0 Å². The number of hydrogen-bond donors (Lipinski definition) is 3. The van der Waals surface area contributed by atoms with Crippen molar-refractivity contribution < 1.29 is 18.8 Å². The number of halogens is 1. The summed E-state index contributed by atoms with van der Waals surface area (Å²) in [4.78, 5) is 48.1. The van der Waals surface area contributed by atoms with Gasteiger partial charge >= 0.3 is 0 Å². The number of hydrogen-bond acceptors (Lipinski definition) is 6. The molecule has 0 unspecified atom stereocenters. The van der Waals surface area contributed by atoms with Crippen LogP contribution in [0.5, 0.6) is 0 Å². The van der Waals surface area contributed by atoms with Gasteiger partial charge in [-0.15, -0.1) is 0 Å². The summed E-state index contributed by atoms with van der Waals surface area (Å²) in [6.45, 7) is 3.05. The molecule has 1 aliphatic carbocycles. The SMILES string of the molecule is O=C(NCC1CCN(Cc2cccc(F)c2)CC1)c1cncc(NC(=O)c2ccnc(NC(=O)C3CC3)c2)c1. The molecule has 5 rings (SSSR count). The lowest BCUT2D eigenvalue weighted by Gasteiger charge is -2.32. The predicted molar refractivity (Wildman–Crippen MR) is 145 cm³/mol. The summed E-state index contributed by atoms with van der Waals surface area (Å²) in [7, 11) is 0. The van der Waals surface area contributed by atoms with Gasteiger partial charge in [0.15, 0.2) is 0 Å². The summed E-state index contributed by atoms with van der Waals surface area (Å²) < 4.78 is 13.4. The van der Waals surface area contributed by atoms with E-state index in [0.717, 1.165) is 50.9 Å². The number of nitrogens with zero attached hydrogens (tertiary/aromatic N) is 3. The molecule has 3 amide bonds. The van der Waals surface area contributed by atoms with Crippen LogP contribution in [0.15, 0.2) is 61.1 Å². The van der Waals surface area contributed by atoms with E-state index in [1.807, 2.05) is 6.07 Å². The minimum absolute atomic E-state index is 0.0313. The van der Waals surface area contributed by atoms with E-state index in [9.17, 15) is 18.8 Å². The van der Waals surface area contributed by atoms with Crippen LogP contribution < -0.4 is 16.0 Å². The van der Waals surface area contributed by atoms with Crippen molar-refractivity contribution in [2.24, 2.45) is 11.8 Å². The Kier molecular flexibility index (Phi) is 8.21. The van der Waals surface area contributed by atoms with Gasteiger partial charge in [-0.3, -0.25) is 24.3 Å². The zero-order valence-corrected chi connectivity index (χ0v) is 21.5. The van der Waals surface area contributed by atoms with E-state index in [4.69, 9.17) is 0 Å². The van der Waals surface area contributed by atoms with E-state index in [-0.39, 0.29) is 23.5 Å². The molecule has 3 N–H and O–H groups in total. The molecule has 0 bridgehead atoms. The first-order valence-electron chi connectivity index (χ1n) is 13.2. The lowest BCUT2D eigenvalue weighted by Crippen LogP contribution is -2.38. The van der Waals surface area contributed by atoms with Gasteiger partial charge in [-0.25, -0.2) is 9.37 Å². The van der Waals surface area contributed by atoms with Crippen LogP contribution in [0.1, 0.15) is 52.0 Å². The molecule has 1 saturated heterocycles. The highest BCUT2D eigenvalue weighted by atomic mass is 19.1. The summed E-state index contributed by atoms with van der Waals surface area (Å²) in [6, 6.07) is 11.3. The molecule has 0 atom stereocenters. The van der Waals surface area contributed by atoms with Crippen LogP contribution in [0.4, 0.5) is 15.9 Å². The minimum atomic E-state index is -0.399. The lowest BCUT2D eigenvalue weighted by molar-refractivity contribution is -0.117. The van der Waals surface area contributed by atoms with Gasteiger partial charge in [-0.05, 0) is 80.6 Å². The Labute approximate surface area is 226 Å². The van der Waals surface area contributed by atoms with Gasteiger partial charge in [0.05, 0.1) is 17.4 Å². The first kappa shape index (κ1) is 26.4. The highest BCUT2D eigenvalue weighted by Gasteiger charge is 2.30. The molecule has 1 aliphatic heterocycles. The van der Waals surface area contributed by atoms with Crippen LogP contribution in [-0.2, 0) is 11.3 Å². The quantitative estimate of drug-likeness (QED) is 0.387. The van der Waals surface area contributed by atoms with Crippen molar-refractivity contribution in [2.75, 3.05) is 30.3 Å². The maximum Gasteiger partial charge on any atom is 0.255 e. The molecule has 1 aromatic carbocycles. The Morgan fingerprint density at radius 2 is 1.74 bits per heavy atom. The Hall–Kier alpha value is -4.18. The second kappa shape index (κ2) is 12.1. The normalized spacial score (nSPS) is 15.9. The van der Waals surface area contributed by atoms with E-state index in [0.29, 0.717) is 35.1 Å². The molecule has 2 aromatic heterocycles. The van der Waals surface area contributed by atoms with Gasteiger partial charge in [0, 0.05) is 37.0 Å². The van der Waals surface area contributed by atoms with Crippen molar-refractivity contribution in [2.45, 2.75) is 32.2 Å². The van der Waals surface area contributed by atoms with Gasteiger partial charge in [0.2, 0.25) is 5.91 Å². The third-order valence-electron chi connectivity index (χ3n) is 7.03. The first-order valence-corrected chi connectivity index (χ1v) is 13.2. The monoisotopic (exact) mass is 530 g/mol. The number of likely N-dealkylation sites (tertiary alicyclic amines) is 1. The highest BCUT2D eigenvalue weighted by molar-refractivity contribution is 6.05. The number of pyridine rings is 2. The largest absolute Gasteiger partial charge is 0.352 e. The maximum atomic E-state index is 13.4. The predicted octanol–water partition coefficient (Wildman–Crippen LogP) is 3.86. The number of aromatic nitrogens is 2. The van der Waals surface area contributed by atoms with Crippen molar-refractivity contribution in [3.05, 3.63) is 83.6 Å². The molecule has 3 heterocycles. The van der Waals surface area contributed by atoms with Crippen molar-refractivity contribution in [3.8, 4) is 0 Å². The zero-order valence-electron chi connectivity index (χ0n) is 21.5. The third-order valence-corrected chi connectivity index (χ3v) is 7.03. The zero-order chi connectivity index (χ0) is 27.2. The standard InChI is InChI=1S/C29H31FN6O3/c30-24-3-1-2-20(12-24)18-36-10-7-19(8-11-36)15-33-27(37)23-13-25(17-31-16-23)34-29(39)22-6-9-32-26(14-22)35-28(38)21-4-5-21/h1-3,6,9,12-14,16-17,19,21H,4-5,7-8,10-11,15,18H2,(H,33,37)(H,34,39)(H,32,35,38). The van der Waals surface area contributed by atoms with Crippen molar-refractivity contribution in [1.29, 1.82) is 0 Å². The summed E-state index contributed by atoms with van der Waals surface area (Å²) >= 11 is 0. The summed E-state index contributed by atoms with van der Waals surface area (Å²) in [5, 5.41) is 8.47. The number of anilines is 2. The number of nitrogens with one attached hydrogen (secondary N) is 3. The minimum Gasteiger partial charge on any atom is -0.352 e. The second-order valence-electron chi connectivity index (χ2n) is 10.2. The fraction of sp³-hybridized carbons (Fsp3) is 0.345. The first-order chi connectivity index (χ1) is 18.9. The molecule has 2 fully saturated rings. The van der Waals surface area contributed by atoms with Crippen LogP contribution >= 0.6 is 0 Å². The van der Waals surface area contributed by atoms with Gasteiger partial charge in [-0.1, -0.05) is 12.1 Å². The summed E-state index contributed by atoms with van der Waals surface area (Å²) in [5.41, 5.74) is 2.03. The fourth-order valence-corrected chi connectivity index (χ4v) is 4.63. The van der Waals surface area contributed by atoms with Crippen LogP contribution in [0, 0.1) is 17.7 Å². The number of carbonyl (C=O) groups excluding carboxylic acids is 3. The second-order valence-corrected chi connectivity index (χ2v) is 10.2. The third kappa shape index (κ3) is 7.44. The van der Waals surface area contributed by atoms with E-state index >= 15 is 0 Å². The Morgan fingerprint density at radius 1 is 0.923 bits per heavy atom. The summed E-state index contributed by atoms with van der Waals surface area (Å²) in [6.07, 6.45) is 8.04. The molecular weight excluding hydrogens is 499 g/mol. The van der Waals surface area contributed by atoms with Crippen molar-refractivity contribution in [1.82, 2.24) is 20.2 Å². The highest BCUT2D eigenvalue weighted by Crippen LogP contribution is 2.30. The molecule has 10 heteroatoms. The van der Waals surface area contributed by atoms with Gasteiger partial charge in [0.1, 0.15) is 11.6 Å². The van der Waals surface area contributed by atoms with Crippen LogP contribution in [0.3, 0.4) is 0 Å². The van der Waals surface area contributed by atoms with Crippen LogP contribution in [0.25, 0.3) is 0 Å². The van der Waals surface area contributed by atoms with E-state index < -0.39 is 5.91 Å².